The highest BCUT2D eigenvalue weighted by molar-refractivity contribution is 5.40. The van der Waals surface area contributed by atoms with E-state index in [9.17, 15) is 0 Å². The number of benzene rings is 1. The quantitative estimate of drug-likeness (QED) is 0.879. The Labute approximate surface area is 127 Å². The van der Waals surface area contributed by atoms with Gasteiger partial charge in [0.1, 0.15) is 0 Å². The Morgan fingerprint density at radius 1 is 1.38 bits per heavy atom. The Hall–Kier alpha value is -1.61. The van der Waals surface area contributed by atoms with Gasteiger partial charge in [-0.3, -0.25) is 4.68 Å². The van der Waals surface area contributed by atoms with E-state index in [0.29, 0.717) is 12.0 Å². The van der Waals surface area contributed by atoms with Gasteiger partial charge in [0.25, 0.3) is 0 Å². The number of hydrogen-bond donors (Lipinski definition) is 1. The summed E-state index contributed by atoms with van der Waals surface area (Å²) in [6.45, 7) is 5.35. The molecule has 0 spiro atoms. The Kier molecular flexibility index (Phi) is 4.11. The molecule has 112 valence electrons. The third-order valence-corrected chi connectivity index (χ3v) is 4.52. The van der Waals surface area contributed by atoms with Crippen LogP contribution in [0.3, 0.4) is 0 Å². The molecule has 0 saturated carbocycles. The van der Waals surface area contributed by atoms with Gasteiger partial charge in [0.15, 0.2) is 0 Å². The first-order chi connectivity index (χ1) is 10.2. The molecule has 0 saturated heterocycles. The van der Waals surface area contributed by atoms with E-state index in [1.807, 2.05) is 4.68 Å². The molecule has 0 radical (unpaired) electrons. The van der Waals surface area contributed by atoms with E-state index in [1.165, 1.54) is 17.7 Å². The fraction of sp³-hybridized carbons (Fsp3) is 0.500. The lowest BCUT2D eigenvalue weighted by Crippen LogP contribution is -2.29. The summed E-state index contributed by atoms with van der Waals surface area (Å²) in [5.41, 5.74) is 5.48. The van der Waals surface area contributed by atoms with Crippen LogP contribution < -0.4 is 5.32 Å². The largest absolute Gasteiger partial charge is 0.309 e. The molecule has 3 heteroatoms. The fourth-order valence-electron chi connectivity index (χ4n) is 3.44. The zero-order valence-corrected chi connectivity index (χ0v) is 13.3. The van der Waals surface area contributed by atoms with Crippen LogP contribution in [-0.4, -0.2) is 16.3 Å². The van der Waals surface area contributed by atoms with E-state index in [1.54, 1.807) is 5.56 Å². The Morgan fingerprint density at radius 2 is 2.19 bits per heavy atom. The highest BCUT2D eigenvalue weighted by Gasteiger charge is 2.29. The third kappa shape index (κ3) is 2.88. The van der Waals surface area contributed by atoms with Crippen LogP contribution in [0.15, 0.2) is 30.3 Å². The van der Waals surface area contributed by atoms with Crippen molar-refractivity contribution in [2.24, 2.45) is 7.05 Å². The van der Waals surface area contributed by atoms with Gasteiger partial charge in [-0.25, -0.2) is 0 Å². The minimum absolute atomic E-state index is 0.398. The van der Waals surface area contributed by atoms with Gasteiger partial charge in [-0.1, -0.05) is 31.2 Å². The van der Waals surface area contributed by atoms with Crippen LogP contribution in [-0.2, 0) is 13.5 Å². The number of aryl methyl sites for hydroxylation is 2. The van der Waals surface area contributed by atoms with Crippen molar-refractivity contribution < 1.29 is 0 Å². The lowest BCUT2D eigenvalue weighted by atomic mass is 9.74. The lowest BCUT2D eigenvalue weighted by molar-refractivity contribution is 0.409. The van der Waals surface area contributed by atoms with E-state index in [4.69, 9.17) is 0 Å². The van der Waals surface area contributed by atoms with Gasteiger partial charge in [-0.15, -0.1) is 0 Å². The molecular formula is C18H25N3. The van der Waals surface area contributed by atoms with Crippen LogP contribution in [0.2, 0.25) is 0 Å². The molecule has 2 atom stereocenters. The molecule has 21 heavy (non-hydrogen) atoms. The molecule has 3 nitrogen and oxygen atoms in total. The molecule has 3 rings (SSSR count). The van der Waals surface area contributed by atoms with Gasteiger partial charge in [-0.2, -0.15) is 5.10 Å². The average Bonchev–Trinajstić information content (AvgIpc) is 2.78. The van der Waals surface area contributed by atoms with Crippen LogP contribution in [0.25, 0.3) is 0 Å². The van der Waals surface area contributed by atoms with Crippen molar-refractivity contribution >= 4 is 0 Å². The Bertz CT molecular complexity index is 615. The molecule has 1 heterocycles. The normalized spacial score (nSPS) is 18.1. The van der Waals surface area contributed by atoms with Crippen molar-refractivity contribution in [2.45, 2.75) is 45.1 Å². The monoisotopic (exact) mass is 283 g/mol. The lowest BCUT2D eigenvalue weighted by Gasteiger charge is -2.33. The van der Waals surface area contributed by atoms with Crippen molar-refractivity contribution in [3.63, 3.8) is 0 Å². The van der Waals surface area contributed by atoms with E-state index < -0.39 is 0 Å². The predicted molar refractivity (Wildman–Crippen MR) is 86.5 cm³/mol. The second kappa shape index (κ2) is 6.02. The molecule has 1 aromatic heterocycles. The van der Waals surface area contributed by atoms with Crippen LogP contribution >= 0.6 is 0 Å². The fourth-order valence-corrected chi connectivity index (χ4v) is 3.44. The summed E-state index contributed by atoms with van der Waals surface area (Å²) < 4.78 is 2.03. The van der Waals surface area contributed by atoms with Gasteiger partial charge in [-0.05, 0) is 55.8 Å². The molecule has 1 N–H and O–H groups in total. The molecule has 0 bridgehead atoms. The maximum Gasteiger partial charge on any atom is 0.0597 e. The Balaban J connectivity index is 1.76. The third-order valence-electron chi connectivity index (χ3n) is 4.52. The molecule has 0 fully saturated rings. The zero-order valence-electron chi connectivity index (χ0n) is 13.3. The highest BCUT2D eigenvalue weighted by Crippen LogP contribution is 2.40. The Morgan fingerprint density at radius 3 is 2.86 bits per heavy atom. The van der Waals surface area contributed by atoms with E-state index in [0.717, 1.165) is 25.1 Å². The summed E-state index contributed by atoms with van der Waals surface area (Å²) >= 11 is 0. The van der Waals surface area contributed by atoms with E-state index in [2.05, 4.69) is 61.6 Å². The molecule has 1 aromatic carbocycles. The minimum Gasteiger partial charge on any atom is -0.309 e. The summed E-state index contributed by atoms with van der Waals surface area (Å²) in [5, 5.41) is 8.22. The number of aromatic nitrogens is 2. The number of nitrogens with zero attached hydrogens (tertiary/aromatic N) is 2. The van der Waals surface area contributed by atoms with Crippen molar-refractivity contribution in [2.75, 3.05) is 6.54 Å². The van der Waals surface area contributed by atoms with Gasteiger partial charge in [0.05, 0.1) is 11.4 Å². The molecule has 1 aliphatic carbocycles. The number of rotatable bonds is 6. The van der Waals surface area contributed by atoms with Crippen molar-refractivity contribution in [3.8, 4) is 0 Å². The first-order valence-corrected chi connectivity index (χ1v) is 8.00. The molecule has 0 amide bonds. The van der Waals surface area contributed by atoms with Crippen molar-refractivity contribution in [3.05, 3.63) is 52.8 Å². The zero-order chi connectivity index (χ0) is 14.8. The first kappa shape index (κ1) is 14.3. The summed E-state index contributed by atoms with van der Waals surface area (Å²) in [6, 6.07) is 11.5. The molecule has 1 aliphatic rings. The topological polar surface area (TPSA) is 29.9 Å². The number of nitrogens with one attached hydrogen (secondary N) is 1. The summed E-state index contributed by atoms with van der Waals surface area (Å²) in [5.74, 6) is 0.686. The molecular weight excluding hydrogens is 258 g/mol. The van der Waals surface area contributed by atoms with Gasteiger partial charge in [0.2, 0.25) is 0 Å². The van der Waals surface area contributed by atoms with Crippen molar-refractivity contribution in [1.29, 1.82) is 0 Å². The maximum atomic E-state index is 4.51. The van der Waals surface area contributed by atoms with Crippen LogP contribution in [0, 0.1) is 6.92 Å². The van der Waals surface area contributed by atoms with E-state index >= 15 is 0 Å². The van der Waals surface area contributed by atoms with Crippen LogP contribution in [0.1, 0.15) is 54.2 Å². The van der Waals surface area contributed by atoms with Crippen LogP contribution in [0.5, 0.6) is 0 Å². The maximum absolute atomic E-state index is 4.51. The predicted octanol–water partition coefficient (Wildman–Crippen LogP) is 3.50. The first-order valence-electron chi connectivity index (χ1n) is 8.00. The minimum atomic E-state index is 0.398. The van der Waals surface area contributed by atoms with Gasteiger partial charge < -0.3 is 5.32 Å². The second-order valence-electron chi connectivity index (χ2n) is 6.18. The standard InChI is InChI=1S/C18H25N3/c1-4-9-19-17(18-10-13(2)20-21(18)3)12-15-11-14-7-5-6-8-16(14)15/h5-8,10,15,17,19H,4,9,11-12H2,1-3H3. The number of hydrogen-bond acceptors (Lipinski definition) is 2. The average molecular weight is 283 g/mol. The summed E-state index contributed by atoms with van der Waals surface area (Å²) in [4.78, 5) is 0. The van der Waals surface area contributed by atoms with Crippen LogP contribution in [0.4, 0.5) is 0 Å². The number of fused-ring (bicyclic) bond motifs is 1. The highest BCUT2D eigenvalue weighted by atomic mass is 15.3. The van der Waals surface area contributed by atoms with Gasteiger partial charge in [0, 0.05) is 13.1 Å². The second-order valence-corrected chi connectivity index (χ2v) is 6.18. The smallest absolute Gasteiger partial charge is 0.0597 e. The molecule has 2 unspecified atom stereocenters. The van der Waals surface area contributed by atoms with Crippen molar-refractivity contribution in [1.82, 2.24) is 15.1 Å². The molecule has 2 aromatic rings. The summed E-state index contributed by atoms with van der Waals surface area (Å²) in [6.07, 6.45) is 3.54. The summed E-state index contributed by atoms with van der Waals surface area (Å²) in [7, 11) is 2.05. The van der Waals surface area contributed by atoms with Gasteiger partial charge >= 0.3 is 0 Å². The SMILES string of the molecule is CCCNC(CC1Cc2ccccc21)c1cc(C)nn1C. The molecule has 0 aliphatic heterocycles. The van der Waals surface area contributed by atoms with E-state index in [-0.39, 0.29) is 0 Å².